The van der Waals surface area contributed by atoms with Crippen LogP contribution in [-0.2, 0) is 22.7 Å². The van der Waals surface area contributed by atoms with Crippen molar-refractivity contribution in [2.24, 2.45) is 0 Å². The van der Waals surface area contributed by atoms with Crippen LogP contribution in [0.2, 0.25) is 5.02 Å². The van der Waals surface area contributed by atoms with Crippen LogP contribution in [0.15, 0.2) is 59.8 Å². The molecule has 10 nitrogen and oxygen atoms in total. The number of carbonyl (C=O) groups excluding carboxylic acids is 3. The molecule has 0 aliphatic carbocycles. The van der Waals surface area contributed by atoms with Gasteiger partial charge in [-0.15, -0.1) is 21.5 Å². The SMILES string of the molecule is CCOC(=O)c1c(NC(=O)CSc2nnc(COc3ccc(Cl)cc3)n2CC)sc(C(=O)Nc2ccccc2)c1C. The Balaban J connectivity index is 1.44. The van der Waals surface area contributed by atoms with E-state index in [0.717, 1.165) is 11.3 Å². The maximum absolute atomic E-state index is 13.0. The molecule has 2 amide bonds. The summed E-state index contributed by atoms with van der Waals surface area (Å²) in [6.45, 7) is 6.22. The maximum atomic E-state index is 13.0. The van der Waals surface area contributed by atoms with Crippen LogP contribution in [0.3, 0.4) is 0 Å². The lowest BCUT2D eigenvalue weighted by molar-refractivity contribution is -0.113. The Morgan fingerprint density at radius 3 is 2.44 bits per heavy atom. The van der Waals surface area contributed by atoms with Crippen molar-refractivity contribution in [3.8, 4) is 5.75 Å². The van der Waals surface area contributed by atoms with Gasteiger partial charge < -0.3 is 24.7 Å². The first kappa shape index (κ1) is 30.1. The monoisotopic (exact) mass is 613 g/mol. The van der Waals surface area contributed by atoms with Crippen molar-refractivity contribution in [2.45, 2.75) is 39.1 Å². The van der Waals surface area contributed by atoms with Gasteiger partial charge in [0.05, 0.1) is 22.8 Å². The van der Waals surface area contributed by atoms with Crippen LogP contribution in [0.25, 0.3) is 0 Å². The van der Waals surface area contributed by atoms with Gasteiger partial charge in [0.1, 0.15) is 17.4 Å². The highest BCUT2D eigenvalue weighted by Crippen LogP contribution is 2.34. The van der Waals surface area contributed by atoms with E-state index >= 15 is 0 Å². The van der Waals surface area contributed by atoms with Crippen LogP contribution < -0.4 is 15.4 Å². The van der Waals surface area contributed by atoms with E-state index in [1.54, 1.807) is 62.4 Å². The summed E-state index contributed by atoms with van der Waals surface area (Å²) >= 11 is 8.15. The number of rotatable bonds is 12. The molecular weight excluding hydrogens is 586 g/mol. The first-order chi connectivity index (χ1) is 19.8. The molecule has 4 aromatic rings. The number of anilines is 2. The Hall–Kier alpha value is -3.87. The maximum Gasteiger partial charge on any atom is 0.341 e. The highest BCUT2D eigenvalue weighted by molar-refractivity contribution is 7.99. The van der Waals surface area contributed by atoms with Gasteiger partial charge in [0.15, 0.2) is 11.0 Å². The van der Waals surface area contributed by atoms with E-state index in [0.29, 0.717) is 44.4 Å². The molecule has 0 spiro atoms. The normalized spacial score (nSPS) is 10.7. The third-order valence-corrected chi connectivity index (χ3v) is 8.17. The second-order valence-corrected chi connectivity index (χ2v) is 10.9. The topological polar surface area (TPSA) is 124 Å². The molecule has 13 heteroatoms. The molecule has 214 valence electrons. The van der Waals surface area contributed by atoms with Gasteiger partial charge in [0, 0.05) is 17.3 Å². The molecule has 0 atom stereocenters. The van der Waals surface area contributed by atoms with Crippen molar-refractivity contribution >= 4 is 63.2 Å². The smallest absolute Gasteiger partial charge is 0.341 e. The second-order valence-electron chi connectivity index (χ2n) is 8.52. The Bertz CT molecular complexity index is 1520. The zero-order chi connectivity index (χ0) is 29.4. The highest BCUT2D eigenvalue weighted by Gasteiger charge is 2.27. The average molecular weight is 614 g/mol. The summed E-state index contributed by atoms with van der Waals surface area (Å²) < 4.78 is 12.9. The molecule has 2 aromatic heterocycles. The number of thiophene rings is 1. The lowest BCUT2D eigenvalue weighted by Gasteiger charge is -2.09. The number of hydrogen-bond donors (Lipinski definition) is 2. The van der Waals surface area contributed by atoms with Gasteiger partial charge in [0.2, 0.25) is 5.91 Å². The number of para-hydroxylation sites is 1. The van der Waals surface area contributed by atoms with Crippen LogP contribution in [0, 0.1) is 6.92 Å². The minimum atomic E-state index is -0.612. The van der Waals surface area contributed by atoms with Crippen molar-refractivity contribution in [3.63, 3.8) is 0 Å². The fourth-order valence-electron chi connectivity index (χ4n) is 3.80. The summed E-state index contributed by atoms with van der Waals surface area (Å²) in [5.41, 5.74) is 1.20. The predicted octanol–water partition coefficient (Wildman–Crippen LogP) is 6.06. The van der Waals surface area contributed by atoms with Gasteiger partial charge in [0.25, 0.3) is 5.91 Å². The average Bonchev–Trinajstić information content (AvgIpc) is 3.51. The van der Waals surface area contributed by atoms with Gasteiger partial charge in [-0.3, -0.25) is 9.59 Å². The van der Waals surface area contributed by atoms with Gasteiger partial charge >= 0.3 is 5.97 Å². The van der Waals surface area contributed by atoms with E-state index in [1.807, 2.05) is 17.6 Å². The molecule has 0 saturated heterocycles. The predicted molar refractivity (Wildman–Crippen MR) is 160 cm³/mol. The number of benzene rings is 2. The zero-order valence-corrected chi connectivity index (χ0v) is 25.0. The quantitative estimate of drug-likeness (QED) is 0.146. The molecule has 4 rings (SSSR count). The fraction of sp³-hybridized carbons (Fsp3) is 0.250. The Labute approximate surface area is 250 Å². The fourth-order valence-corrected chi connectivity index (χ4v) is 5.85. The van der Waals surface area contributed by atoms with Crippen molar-refractivity contribution in [1.29, 1.82) is 0 Å². The number of nitrogens with one attached hydrogen (secondary N) is 2. The largest absolute Gasteiger partial charge is 0.486 e. The molecule has 2 heterocycles. The number of halogens is 1. The van der Waals surface area contributed by atoms with Gasteiger partial charge in [-0.1, -0.05) is 41.6 Å². The molecule has 2 N–H and O–H groups in total. The van der Waals surface area contributed by atoms with Gasteiger partial charge in [-0.2, -0.15) is 0 Å². The summed E-state index contributed by atoms with van der Waals surface area (Å²) in [6.07, 6.45) is 0. The van der Waals surface area contributed by atoms with Gasteiger partial charge in [-0.25, -0.2) is 4.79 Å². The molecule has 0 fully saturated rings. The zero-order valence-electron chi connectivity index (χ0n) is 22.6. The van der Waals surface area contributed by atoms with Crippen molar-refractivity contribution < 1.29 is 23.9 Å². The van der Waals surface area contributed by atoms with E-state index in [9.17, 15) is 14.4 Å². The van der Waals surface area contributed by atoms with E-state index < -0.39 is 5.97 Å². The number of thioether (sulfide) groups is 1. The van der Waals surface area contributed by atoms with Crippen molar-refractivity contribution in [1.82, 2.24) is 14.8 Å². The molecule has 0 unspecified atom stereocenters. The summed E-state index contributed by atoms with van der Waals surface area (Å²) in [7, 11) is 0. The lowest BCUT2D eigenvalue weighted by Crippen LogP contribution is -2.17. The molecule has 0 aliphatic rings. The van der Waals surface area contributed by atoms with Crippen LogP contribution in [0.4, 0.5) is 10.7 Å². The molecular formula is C28H28ClN5O5S2. The number of esters is 1. The number of amides is 2. The summed E-state index contributed by atoms with van der Waals surface area (Å²) in [5.74, 6) is -0.114. The molecule has 41 heavy (non-hydrogen) atoms. The summed E-state index contributed by atoms with van der Waals surface area (Å²) in [4.78, 5) is 39.0. The Morgan fingerprint density at radius 1 is 1.02 bits per heavy atom. The lowest BCUT2D eigenvalue weighted by atomic mass is 10.1. The van der Waals surface area contributed by atoms with E-state index in [4.69, 9.17) is 21.1 Å². The van der Waals surface area contributed by atoms with Crippen LogP contribution in [-0.4, -0.2) is 44.9 Å². The molecule has 0 bridgehead atoms. The number of nitrogens with zero attached hydrogens (tertiary/aromatic N) is 3. The first-order valence-corrected chi connectivity index (χ1v) is 14.9. The van der Waals surface area contributed by atoms with E-state index in [-0.39, 0.29) is 41.3 Å². The number of carbonyl (C=O) groups is 3. The molecule has 2 aromatic carbocycles. The standard InChI is InChI=1S/C28H28ClN5O5S2/c1-4-34-21(15-39-20-13-11-18(29)12-14-20)32-33-28(34)40-16-22(35)31-26-23(27(37)38-5-2)17(3)24(41-26)25(36)30-19-9-7-6-8-10-19/h6-14H,4-5,15-16H2,1-3H3,(H,30,36)(H,31,35). The van der Waals surface area contributed by atoms with E-state index in [2.05, 4.69) is 20.8 Å². The molecule has 0 saturated carbocycles. The van der Waals surface area contributed by atoms with E-state index in [1.165, 1.54) is 11.8 Å². The number of aromatic nitrogens is 3. The van der Waals surface area contributed by atoms with Crippen molar-refractivity contribution in [2.75, 3.05) is 23.0 Å². The molecule has 0 radical (unpaired) electrons. The summed E-state index contributed by atoms with van der Waals surface area (Å²) in [5, 5.41) is 15.4. The van der Waals surface area contributed by atoms with Crippen LogP contribution >= 0.6 is 34.7 Å². The highest BCUT2D eigenvalue weighted by atomic mass is 35.5. The first-order valence-electron chi connectivity index (χ1n) is 12.7. The number of hydrogen-bond acceptors (Lipinski definition) is 9. The third-order valence-electron chi connectivity index (χ3n) is 5.74. The number of ether oxygens (including phenoxy) is 2. The van der Waals surface area contributed by atoms with Crippen LogP contribution in [0.5, 0.6) is 5.75 Å². The second kappa shape index (κ2) is 14.2. The van der Waals surface area contributed by atoms with Gasteiger partial charge in [-0.05, 0) is 62.7 Å². The Kier molecular flexibility index (Phi) is 10.4. The minimum absolute atomic E-state index is 0.000926. The molecule has 0 aliphatic heterocycles. The van der Waals surface area contributed by atoms with Crippen LogP contribution in [0.1, 0.15) is 45.3 Å². The Morgan fingerprint density at radius 2 is 1.76 bits per heavy atom. The summed E-state index contributed by atoms with van der Waals surface area (Å²) in [6, 6.07) is 16.0. The third kappa shape index (κ3) is 7.66. The van der Waals surface area contributed by atoms with Crippen molar-refractivity contribution in [3.05, 3.63) is 81.4 Å². The minimum Gasteiger partial charge on any atom is -0.486 e.